The molecular formula is C13H16N5O4+. The molecule has 0 radical (unpaired) electrons. The predicted molar refractivity (Wildman–Crippen MR) is 72.4 cm³/mol. The van der Waals surface area contributed by atoms with Crippen LogP contribution in [0.2, 0.25) is 0 Å². The number of urea groups is 1. The molecule has 2 aliphatic rings. The minimum absolute atomic E-state index is 0.176. The standard InChI is InChI=1S/C13H15N5O4/c1-16-9-8(10(19)17(2)13(16)22)14-12(15-9)18-5-3-7(4-6-18)11(20)21/h3-6,8-9,12,14-15H,1-2H3/p+1. The number of pyridine rings is 1. The van der Waals surface area contributed by atoms with Gasteiger partial charge in [0.25, 0.3) is 12.2 Å². The van der Waals surface area contributed by atoms with Crippen molar-refractivity contribution in [3.8, 4) is 0 Å². The van der Waals surface area contributed by atoms with Crippen molar-refractivity contribution in [2.45, 2.75) is 18.5 Å². The number of nitrogens with zero attached hydrogens (tertiary/aromatic N) is 3. The summed E-state index contributed by atoms with van der Waals surface area (Å²) in [6, 6.07) is 2.02. The fraction of sp³-hybridized carbons (Fsp3) is 0.385. The molecule has 0 aliphatic carbocycles. The number of carbonyl (C=O) groups excluding carboxylic acids is 2. The van der Waals surface area contributed by atoms with E-state index >= 15 is 0 Å². The highest BCUT2D eigenvalue weighted by molar-refractivity contribution is 6.00. The molecule has 0 bridgehead atoms. The van der Waals surface area contributed by atoms with Gasteiger partial charge in [-0.1, -0.05) is 0 Å². The van der Waals surface area contributed by atoms with Crippen LogP contribution in [-0.2, 0) is 4.79 Å². The lowest BCUT2D eigenvalue weighted by Gasteiger charge is -2.37. The summed E-state index contributed by atoms with van der Waals surface area (Å²) in [5, 5.41) is 15.2. The van der Waals surface area contributed by atoms with Crippen molar-refractivity contribution in [1.82, 2.24) is 20.4 Å². The monoisotopic (exact) mass is 306 g/mol. The Labute approximate surface area is 126 Å². The van der Waals surface area contributed by atoms with Crippen LogP contribution in [0.25, 0.3) is 0 Å². The third kappa shape index (κ3) is 2.11. The zero-order chi connectivity index (χ0) is 16.0. The van der Waals surface area contributed by atoms with Crippen molar-refractivity contribution in [3.63, 3.8) is 0 Å². The summed E-state index contributed by atoms with van der Waals surface area (Å²) in [5.41, 5.74) is 0.176. The fourth-order valence-electron chi connectivity index (χ4n) is 2.69. The molecule has 3 heterocycles. The number of aromatic carboxylic acids is 1. The zero-order valence-corrected chi connectivity index (χ0v) is 12.1. The van der Waals surface area contributed by atoms with Crippen LogP contribution < -0.4 is 15.2 Å². The van der Waals surface area contributed by atoms with E-state index in [1.54, 1.807) is 24.0 Å². The van der Waals surface area contributed by atoms with Crippen molar-refractivity contribution in [1.29, 1.82) is 0 Å². The SMILES string of the molecule is CN1C(=O)C2NC([n+]3ccc(C(=O)O)cc3)NC2N(C)C1=O. The average molecular weight is 306 g/mol. The Kier molecular flexibility index (Phi) is 3.30. The largest absolute Gasteiger partial charge is 0.478 e. The molecule has 3 amide bonds. The molecule has 2 fully saturated rings. The second-order valence-electron chi connectivity index (χ2n) is 5.29. The number of fused-ring (bicyclic) bond motifs is 1. The van der Waals surface area contributed by atoms with Crippen LogP contribution >= 0.6 is 0 Å². The Morgan fingerprint density at radius 1 is 1.23 bits per heavy atom. The molecule has 2 saturated heterocycles. The Hall–Kier alpha value is -2.52. The van der Waals surface area contributed by atoms with E-state index in [0.29, 0.717) is 0 Å². The lowest BCUT2D eigenvalue weighted by molar-refractivity contribution is -0.731. The van der Waals surface area contributed by atoms with Gasteiger partial charge in [0.1, 0.15) is 12.2 Å². The molecule has 0 saturated carbocycles. The number of imide groups is 1. The van der Waals surface area contributed by atoms with E-state index in [-0.39, 0.29) is 17.5 Å². The second kappa shape index (κ2) is 5.04. The van der Waals surface area contributed by atoms with E-state index in [9.17, 15) is 14.4 Å². The number of carboxylic acids is 1. The van der Waals surface area contributed by atoms with Crippen LogP contribution in [0.3, 0.4) is 0 Å². The number of nitrogens with one attached hydrogen (secondary N) is 2. The van der Waals surface area contributed by atoms with Crippen LogP contribution in [0.15, 0.2) is 24.5 Å². The molecule has 0 aromatic carbocycles. The van der Waals surface area contributed by atoms with E-state index in [4.69, 9.17) is 5.11 Å². The van der Waals surface area contributed by atoms with Gasteiger partial charge in [-0.05, 0) is 0 Å². The number of aromatic nitrogens is 1. The molecule has 9 heteroatoms. The smallest absolute Gasteiger partial charge is 0.336 e. The molecule has 3 atom stereocenters. The van der Waals surface area contributed by atoms with Crippen molar-refractivity contribution < 1.29 is 24.1 Å². The second-order valence-corrected chi connectivity index (χ2v) is 5.29. The van der Waals surface area contributed by atoms with Gasteiger partial charge in [-0.25, -0.2) is 20.2 Å². The summed E-state index contributed by atoms with van der Waals surface area (Å²) in [6.45, 7) is 0. The quantitative estimate of drug-likeness (QED) is 0.577. The van der Waals surface area contributed by atoms with E-state index in [1.165, 1.54) is 24.1 Å². The number of likely N-dealkylation sites (N-methyl/N-ethyl adjacent to an activating group) is 2. The van der Waals surface area contributed by atoms with Crippen molar-refractivity contribution in [2.24, 2.45) is 0 Å². The molecule has 3 unspecified atom stereocenters. The number of rotatable bonds is 2. The van der Waals surface area contributed by atoms with Crippen LogP contribution in [0.1, 0.15) is 16.6 Å². The Bertz CT molecular complexity index is 646. The lowest BCUT2D eigenvalue weighted by atomic mass is 10.1. The molecule has 9 nitrogen and oxygen atoms in total. The first kappa shape index (κ1) is 14.4. The summed E-state index contributed by atoms with van der Waals surface area (Å²) in [4.78, 5) is 37.5. The summed E-state index contributed by atoms with van der Waals surface area (Å²) >= 11 is 0. The first-order valence-corrected chi connectivity index (χ1v) is 6.70. The molecule has 1 aromatic rings. The van der Waals surface area contributed by atoms with E-state index in [2.05, 4.69) is 10.6 Å². The average Bonchev–Trinajstić information content (AvgIpc) is 2.96. The van der Waals surface area contributed by atoms with Crippen LogP contribution in [-0.4, -0.2) is 59.1 Å². The van der Waals surface area contributed by atoms with Gasteiger partial charge >= 0.3 is 12.0 Å². The third-order valence-electron chi connectivity index (χ3n) is 3.98. The number of hydrogen-bond donors (Lipinski definition) is 3. The summed E-state index contributed by atoms with van der Waals surface area (Å²) in [5.74, 6) is -1.30. The number of hydrogen-bond acceptors (Lipinski definition) is 5. The van der Waals surface area contributed by atoms with Gasteiger partial charge in [-0.3, -0.25) is 9.69 Å². The first-order valence-electron chi connectivity index (χ1n) is 6.70. The molecular weight excluding hydrogens is 290 g/mol. The Balaban J connectivity index is 1.83. The van der Waals surface area contributed by atoms with Gasteiger partial charge in [0.2, 0.25) is 0 Å². The van der Waals surface area contributed by atoms with Crippen molar-refractivity contribution in [3.05, 3.63) is 30.1 Å². The number of carboxylic acid groups (broad SMARTS) is 1. The molecule has 1 aromatic heterocycles. The maximum Gasteiger partial charge on any atom is 0.336 e. The molecule has 3 N–H and O–H groups in total. The molecule has 116 valence electrons. The van der Waals surface area contributed by atoms with Crippen LogP contribution in [0.4, 0.5) is 4.79 Å². The maximum absolute atomic E-state index is 12.2. The highest BCUT2D eigenvalue weighted by Crippen LogP contribution is 2.19. The third-order valence-corrected chi connectivity index (χ3v) is 3.98. The highest BCUT2D eigenvalue weighted by Gasteiger charge is 2.51. The van der Waals surface area contributed by atoms with Crippen LogP contribution in [0.5, 0.6) is 0 Å². The van der Waals surface area contributed by atoms with Gasteiger partial charge in [0.05, 0.1) is 5.56 Å². The number of carbonyl (C=O) groups is 3. The van der Waals surface area contributed by atoms with E-state index in [1.807, 2.05) is 0 Å². The predicted octanol–water partition coefficient (Wildman–Crippen LogP) is -1.46. The van der Waals surface area contributed by atoms with Crippen LogP contribution in [0, 0.1) is 0 Å². The van der Waals surface area contributed by atoms with Crippen molar-refractivity contribution in [2.75, 3.05) is 14.1 Å². The normalized spacial score (nSPS) is 28.0. The Morgan fingerprint density at radius 2 is 1.86 bits per heavy atom. The summed E-state index contributed by atoms with van der Waals surface area (Å²) in [6.07, 6.45) is 2.33. The lowest BCUT2D eigenvalue weighted by Crippen LogP contribution is -2.64. The minimum Gasteiger partial charge on any atom is -0.478 e. The van der Waals surface area contributed by atoms with Gasteiger partial charge < -0.3 is 10.0 Å². The summed E-state index contributed by atoms with van der Waals surface area (Å²) in [7, 11) is 3.07. The van der Waals surface area contributed by atoms with Gasteiger partial charge in [-0.15, -0.1) is 0 Å². The molecule has 22 heavy (non-hydrogen) atoms. The summed E-state index contributed by atoms with van der Waals surface area (Å²) < 4.78 is 1.70. The van der Waals surface area contributed by atoms with E-state index < -0.39 is 24.5 Å². The first-order chi connectivity index (χ1) is 10.4. The Morgan fingerprint density at radius 3 is 2.45 bits per heavy atom. The van der Waals surface area contributed by atoms with E-state index in [0.717, 1.165) is 4.90 Å². The fourth-order valence-corrected chi connectivity index (χ4v) is 2.69. The van der Waals surface area contributed by atoms with Gasteiger partial charge in [-0.2, -0.15) is 4.57 Å². The molecule has 3 rings (SSSR count). The van der Waals surface area contributed by atoms with Gasteiger partial charge in [0, 0.05) is 26.2 Å². The minimum atomic E-state index is -1.00. The highest BCUT2D eigenvalue weighted by atomic mass is 16.4. The topological polar surface area (TPSA) is 106 Å². The molecule has 2 aliphatic heterocycles. The maximum atomic E-state index is 12.2. The van der Waals surface area contributed by atoms with Gasteiger partial charge in [0.15, 0.2) is 12.4 Å². The van der Waals surface area contributed by atoms with Crippen molar-refractivity contribution >= 4 is 17.9 Å². The zero-order valence-electron chi connectivity index (χ0n) is 12.1. The number of amides is 3. The molecule has 0 spiro atoms.